The molecule has 7 heteroatoms. The molecule has 0 saturated carbocycles. The van der Waals surface area contributed by atoms with Gasteiger partial charge in [-0.2, -0.15) is 4.98 Å². The summed E-state index contributed by atoms with van der Waals surface area (Å²) in [4.78, 5) is 18.7. The van der Waals surface area contributed by atoms with Gasteiger partial charge in [0.1, 0.15) is 12.0 Å². The van der Waals surface area contributed by atoms with Crippen molar-refractivity contribution in [2.24, 2.45) is 0 Å². The molecule has 1 aromatic heterocycles. The van der Waals surface area contributed by atoms with Crippen molar-refractivity contribution in [3.8, 4) is 5.88 Å². The molecule has 0 bridgehead atoms. The molecule has 4 N–H and O–H groups in total. The molecule has 1 rings (SSSR count). The lowest BCUT2D eigenvalue weighted by atomic mass is 10.4. The minimum Gasteiger partial charge on any atom is -0.473 e. The highest BCUT2D eigenvalue weighted by molar-refractivity contribution is 5.72. The fraction of sp³-hybridized carbons (Fsp3) is 0.545. The zero-order valence-electron chi connectivity index (χ0n) is 10.9. The van der Waals surface area contributed by atoms with Gasteiger partial charge in [-0.3, -0.25) is 4.79 Å². The largest absolute Gasteiger partial charge is 0.473 e. The van der Waals surface area contributed by atoms with Gasteiger partial charge in [-0.15, -0.1) is 0 Å². The van der Waals surface area contributed by atoms with Gasteiger partial charge < -0.3 is 21.1 Å². The SMILES string of the molecule is CC(=O)NCCNc1ncnc(OC(C)C)c1N. The van der Waals surface area contributed by atoms with Crippen LogP contribution in [0.3, 0.4) is 0 Å². The van der Waals surface area contributed by atoms with Crippen LogP contribution in [0.25, 0.3) is 0 Å². The molecule has 0 aromatic carbocycles. The van der Waals surface area contributed by atoms with E-state index in [1.54, 1.807) is 0 Å². The minimum atomic E-state index is -0.0729. The third kappa shape index (κ3) is 4.44. The first-order valence-electron chi connectivity index (χ1n) is 5.76. The van der Waals surface area contributed by atoms with Crippen molar-refractivity contribution in [3.05, 3.63) is 6.33 Å². The number of hydrogen-bond donors (Lipinski definition) is 3. The van der Waals surface area contributed by atoms with Crippen molar-refractivity contribution in [1.82, 2.24) is 15.3 Å². The number of hydrogen-bond acceptors (Lipinski definition) is 6. The average molecular weight is 253 g/mol. The van der Waals surface area contributed by atoms with Crippen molar-refractivity contribution in [2.75, 3.05) is 24.1 Å². The predicted octanol–water partition coefficient (Wildman–Crippen LogP) is 0.394. The zero-order valence-corrected chi connectivity index (χ0v) is 10.9. The van der Waals surface area contributed by atoms with E-state index in [0.29, 0.717) is 30.5 Å². The first kappa shape index (κ1) is 14.0. The maximum Gasteiger partial charge on any atom is 0.242 e. The number of amides is 1. The summed E-state index contributed by atoms with van der Waals surface area (Å²) in [5.41, 5.74) is 6.24. The number of nitrogen functional groups attached to an aromatic ring is 1. The van der Waals surface area contributed by atoms with Crippen LogP contribution in [0.2, 0.25) is 0 Å². The van der Waals surface area contributed by atoms with Crippen LogP contribution in [0.4, 0.5) is 11.5 Å². The summed E-state index contributed by atoms with van der Waals surface area (Å²) >= 11 is 0. The Bertz CT molecular complexity index is 408. The fourth-order valence-corrected chi connectivity index (χ4v) is 1.26. The van der Waals surface area contributed by atoms with Gasteiger partial charge in [-0.1, -0.05) is 0 Å². The van der Waals surface area contributed by atoms with Crippen molar-refractivity contribution in [2.45, 2.75) is 26.9 Å². The maximum absolute atomic E-state index is 10.7. The van der Waals surface area contributed by atoms with E-state index in [-0.39, 0.29) is 12.0 Å². The van der Waals surface area contributed by atoms with Gasteiger partial charge in [-0.05, 0) is 13.8 Å². The van der Waals surface area contributed by atoms with E-state index in [4.69, 9.17) is 10.5 Å². The number of nitrogens with zero attached hydrogens (tertiary/aromatic N) is 2. The Labute approximate surface area is 106 Å². The van der Waals surface area contributed by atoms with Crippen LogP contribution in [0.1, 0.15) is 20.8 Å². The van der Waals surface area contributed by atoms with Crippen LogP contribution in [0.5, 0.6) is 5.88 Å². The number of aromatic nitrogens is 2. The Morgan fingerprint density at radius 1 is 1.44 bits per heavy atom. The van der Waals surface area contributed by atoms with E-state index in [9.17, 15) is 4.79 Å². The molecule has 0 saturated heterocycles. The van der Waals surface area contributed by atoms with Crippen molar-refractivity contribution < 1.29 is 9.53 Å². The van der Waals surface area contributed by atoms with Gasteiger partial charge in [0.15, 0.2) is 5.82 Å². The smallest absolute Gasteiger partial charge is 0.242 e. The van der Waals surface area contributed by atoms with E-state index >= 15 is 0 Å². The number of nitrogens with one attached hydrogen (secondary N) is 2. The molecule has 1 heterocycles. The van der Waals surface area contributed by atoms with E-state index < -0.39 is 0 Å². The monoisotopic (exact) mass is 253 g/mol. The zero-order chi connectivity index (χ0) is 13.5. The number of nitrogens with two attached hydrogens (primary N) is 1. The second kappa shape index (κ2) is 6.63. The van der Waals surface area contributed by atoms with Gasteiger partial charge in [-0.25, -0.2) is 4.98 Å². The summed E-state index contributed by atoms with van der Waals surface area (Å²) in [6.07, 6.45) is 1.38. The molecule has 0 atom stereocenters. The molecular weight excluding hydrogens is 234 g/mol. The van der Waals surface area contributed by atoms with Crippen LogP contribution in [0.15, 0.2) is 6.33 Å². The molecule has 0 aliphatic heterocycles. The lowest BCUT2D eigenvalue weighted by Crippen LogP contribution is -2.26. The number of carbonyl (C=O) groups excluding carboxylic acids is 1. The molecule has 18 heavy (non-hydrogen) atoms. The number of rotatable bonds is 6. The van der Waals surface area contributed by atoms with Gasteiger partial charge in [0.05, 0.1) is 6.10 Å². The molecule has 7 nitrogen and oxygen atoms in total. The van der Waals surface area contributed by atoms with Gasteiger partial charge in [0, 0.05) is 20.0 Å². The first-order valence-corrected chi connectivity index (χ1v) is 5.76. The molecule has 0 radical (unpaired) electrons. The van der Waals surface area contributed by atoms with Crippen molar-refractivity contribution in [3.63, 3.8) is 0 Å². The topological polar surface area (TPSA) is 102 Å². The van der Waals surface area contributed by atoms with Crippen LogP contribution >= 0.6 is 0 Å². The summed E-state index contributed by atoms with van der Waals surface area (Å²) in [5.74, 6) is 0.796. The summed E-state index contributed by atoms with van der Waals surface area (Å²) in [7, 11) is 0. The molecule has 1 aromatic rings. The van der Waals surface area contributed by atoms with Crippen LogP contribution in [-0.4, -0.2) is 35.1 Å². The van der Waals surface area contributed by atoms with Gasteiger partial charge >= 0.3 is 0 Å². The molecule has 0 spiro atoms. The molecule has 0 unspecified atom stereocenters. The average Bonchev–Trinajstić information content (AvgIpc) is 2.28. The molecule has 1 amide bonds. The second-order valence-electron chi connectivity index (χ2n) is 4.02. The van der Waals surface area contributed by atoms with E-state index in [2.05, 4.69) is 20.6 Å². The van der Waals surface area contributed by atoms with Crippen LogP contribution in [-0.2, 0) is 4.79 Å². The minimum absolute atomic E-state index is 0.00516. The highest BCUT2D eigenvalue weighted by Gasteiger charge is 2.09. The summed E-state index contributed by atoms with van der Waals surface area (Å²) in [6, 6.07) is 0. The lowest BCUT2D eigenvalue weighted by molar-refractivity contribution is -0.118. The Morgan fingerprint density at radius 3 is 2.78 bits per heavy atom. The quantitative estimate of drug-likeness (QED) is 0.634. The number of ether oxygens (including phenoxy) is 1. The molecule has 0 aliphatic carbocycles. The Hall–Kier alpha value is -2.05. The third-order valence-electron chi connectivity index (χ3n) is 1.99. The predicted molar refractivity (Wildman–Crippen MR) is 69.4 cm³/mol. The first-order chi connectivity index (χ1) is 8.50. The van der Waals surface area contributed by atoms with E-state index in [1.165, 1.54) is 13.3 Å². The Balaban J connectivity index is 2.57. The van der Waals surface area contributed by atoms with Crippen LogP contribution in [0, 0.1) is 0 Å². The molecule has 100 valence electrons. The van der Waals surface area contributed by atoms with E-state index in [1.807, 2.05) is 13.8 Å². The normalized spacial score (nSPS) is 10.2. The van der Waals surface area contributed by atoms with Gasteiger partial charge in [0.25, 0.3) is 0 Å². The summed E-state index contributed by atoms with van der Waals surface area (Å²) < 4.78 is 5.44. The number of anilines is 2. The fourth-order valence-electron chi connectivity index (χ4n) is 1.26. The second-order valence-corrected chi connectivity index (χ2v) is 4.02. The van der Waals surface area contributed by atoms with Crippen LogP contribution < -0.4 is 21.1 Å². The highest BCUT2D eigenvalue weighted by atomic mass is 16.5. The molecule has 0 fully saturated rings. The summed E-state index contributed by atoms with van der Waals surface area (Å²) in [6.45, 7) is 6.28. The number of carbonyl (C=O) groups is 1. The Kier molecular flexibility index (Phi) is 5.16. The maximum atomic E-state index is 10.7. The molecule has 0 aliphatic rings. The lowest BCUT2D eigenvalue weighted by Gasteiger charge is -2.13. The Morgan fingerprint density at radius 2 is 2.17 bits per heavy atom. The summed E-state index contributed by atoms with van der Waals surface area (Å²) in [5, 5.41) is 5.68. The standard InChI is InChI=1S/C11H19N5O2/c1-7(2)18-11-9(12)10(15-6-16-11)14-5-4-13-8(3)17/h6-7H,4-5,12H2,1-3H3,(H,13,17)(H,14,15,16). The van der Waals surface area contributed by atoms with Gasteiger partial charge in [0.2, 0.25) is 11.8 Å². The van der Waals surface area contributed by atoms with E-state index in [0.717, 1.165) is 0 Å². The van der Waals surface area contributed by atoms with Crippen molar-refractivity contribution >= 4 is 17.4 Å². The third-order valence-corrected chi connectivity index (χ3v) is 1.99. The highest BCUT2D eigenvalue weighted by Crippen LogP contribution is 2.24. The van der Waals surface area contributed by atoms with Crippen molar-refractivity contribution in [1.29, 1.82) is 0 Å². The molecular formula is C11H19N5O2.